The Labute approximate surface area is 204 Å². The van der Waals surface area contributed by atoms with Crippen molar-refractivity contribution < 1.29 is 23.9 Å². The quantitative estimate of drug-likeness (QED) is 0.380. The van der Waals surface area contributed by atoms with E-state index in [0.717, 1.165) is 28.0 Å². The van der Waals surface area contributed by atoms with E-state index in [4.69, 9.17) is 4.74 Å². The number of imide groups is 1. The minimum atomic E-state index is -1.11. The Bertz CT molecular complexity index is 1190. The van der Waals surface area contributed by atoms with E-state index in [0.29, 0.717) is 5.69 Å². The van der Waals surface area contributed by atoms with Crippen LogP contribution in [0.1, 0.15) is 23.1 Å². The molecule has 0 aromatic heterocycles. The minimum Gasteiger partial charge on any atom is -0.454 e. The van der Waals surface area contributed by atoms with Gasteiger partial charge in [-0.2, -0.15) is 0 Å². The van der Waals surface area contributed by atoms with Crippen LogP contribution in [0.5, 0.6) is 0 Å². The van der Waals surface area contributed by atoms with Crippen LogP contribution in [-0.4, -0.2) is 41.2 Å². The van der Waals surface area contributed by atoms with Gasteiger partial charge in [-0.05, 0) is 60.9 Å². The molecular weight excluding hydrogens is 444 g/mol. The second kappa shape index (κ2) is 9.13. The van der Waals surface area contributed by atoms with E-state index in [1.165, 1.54) is 0 Å². The second-order valence-electron chi connectivity index (χ2n) is 9.71. The highest BCUT2D eigenvalue weighted by Crippen LogP contribution is 2.53. The Morgan fingerprint density at radius 1 is 0.971 bits per heavy atom. The zero-order chi connectivity index (χ0) is 24.7. The van der Waals surface area contributed by atoms with E-state index in [1.54, 1.807) is 6.07 Å². The van der Waals surface area contributed by atoms with Crippen molar-refractivity contribution in [3.05, 3.63) is 77.4 Å². The molecule has 35 heavy (non-hydrogen) atoms. The molecule has 2 bridgehead atoms. The molecule has 1 saturated carbocycles. The van der Waals surface area contributed by atoms with Gasteiger partial charge in [0.2, 0.25) is 11.8 Å². The van der Waals surface area contributed by atoms with Crippen LogP contribution in [0.15, 0.2) is 60.7 Å². The highest BCUT2D eigenvalue weighted by molar-refractivity contribution is 6.09. The maximum atomic E-state index is 13.3. The number of allylic oxidation sites excluding steroid dienone is 2. The number of carbonyl (C=O) groups is 4. The molecule has 3 aliphatic rings. The van der Waals surface area contributed by atoms with Gasteiger partial charge in [-0.25, -0.2) is 4.79 Å². The van der Waals surface area contributed by atoms with Crippen molar-refractivity contribution >= 4 is 29.4 Å². The zero-order valence-corrected chi connectivity index (χ0v) is 19.8. The SMILES string of the molecule is Cc1ccc(NC(=O)COC(=O)[C@H](Cc2ccccc2)N2C(=O)[C@@H]3[C@@H](C2=O)[C@H]2C=C[C@H]3C2)cc1C. The number of fused-ring (bicyclic) bond motifs is 5. The van der Waals surface area contributed by atoms with Gasteiger partial charge in [0.15, 0.2) is 6.61 Å². The molecule has 7 nitrogen and oxygen atoms in total. The molecule has 1 heterocycles. The number of aryl methyl sites for hydroxylation is 2. The Morgan fingerprint density at radius 2 is 1.63 bits per heavy atom. The van der Waals surface area contributed by atoms with Gasteiger partial charge in [0.1, 0.15) is 6.04 Å². The Balaban J connectivity index is 1.31. The van der Waals surface area contributed by atoms with E-state index >= 15 is 0 Å². The highest BCUT2D eigenvalue weighted by atomic mass is 16.5. The average Bonchev–Trinajstić information content (AvgIpc) is 3.53. The van der Waals surface area contributed by atoms with E-state index in [9.17, 15) is 19.2 Å². The number of nitrogens with zero attached hydrogens (tertiary/aromatic N) is 1. The molecular formula is C28H28N2O5. The average molecular weight is 473 g/mol. The summed E-state index contributed by atoms with van der Waals surface area (Å²) in [7, 11) is 0. The summed E-state index contributed by atoms with van der Waals surface area (Å²) in [5, 5.41) is 2.72. The first-order valence-electron chi connectivity index (χ1n) is 12.0. The lowest BCUT2D eigenvalue weighted by Gasteiger charge is -2.26. The van der Waals surface area contributed by atoms with Crippen LogP contribution in [-0.2, 0) is 30.3 Å². The van der Waals surface area contributed by atoms with Crippen LogP contribution < -0.4 is 5.32 Å². The summed E-state index contributed by atoms with van der Waals surface area (Å²) in [4.78, 5) is 53.5. The van der Waals surface area contributed by atoms with Crippen LogP contribution in [0, 0.1) is 37.5 Å². The number of nitrogens with one attached hydrogen (secondary N) is 1. The molecule has 2 aromatic rings. The lowest BCUT2D eigenvalue weighted by atomic mass is 9.85. The number of hydrogen-bond acceptors (Lipinski definition) is 5. The molecule has 2 fully saturated rings. The molecule has 0 unspecified atom stereocenters. The molecule has 2 aliphatic carbocycles. The molecule has 7 heteroatoms. The highest BCUT2D eigenvalue weighted by Gasteiger charge is 2.61. The fraction of sp³-hybridized carbons (Fsp3) is 0.357. The number of anilines is 1. The molecule has 0 spiro atoms. The summed E-state index contributed by atoms with van der Waals surface area (Å²) in [6.07, 6.45) is 4.98. The van der Waals surface area contributed by atoms with Crippen molar-refractivity contribution in [2.24, 2.45) is 23.7 Å². The third kappa shape index (κ3) is 4.27. The Hall–Kier alpha value is -3.74. The Kier molecular flexibility index (Phi) is 6.01. The van der Waals surface area contributed by atoms with Crippen molar-refractivity contribution in [3.8, 4) is 0 Å². The van der Waals surface area contributed by atoms with Crippen molar-refractivity contribution in [1.29, 1.82) is 0 Å². The largest absolute Gasteiger partial charge is 0.454 e. The summed E-state index contributed by atoms with van der Waals surface area (Å²) in [5.41, 5.74) is 3.54. The van der Waals surface area contributed by atoms with Crippen LogP contribution >= 0.6 is 0 Å². The molecule has 2 aromatic carbocycles. The first kappa shape index (κ1) is 23.0. The van der Waals surface area contributed by atoms with Gasteiger partial charge in [-0.15, -0.1) is 0 Å². The van der Waals surface area contributed by atoms with E-state index in [1.807, 2.05) is 68.5 Å². The topological polar surface area (TPSA) is 92.8 Å². The third-order valence-corrected chi connectivity index (χ3v) is 7.50. The predicted octanol–water partition coefficient (Wildman–Crippen LogP) is 3.20. The van der Waals surface area contributed by atoms with Crippen LogP contribution in [0.25, 0.3) is 0 Å². The number of likely N-dealkylation sites (tertiary alicyclic amines) is 1. The molecule has 180 valence electrons. The lowest BCUT2D eigenvalue weighted by molar-refractivity contribution is -0.160. The fourth-order valence-corrected chi connectivity index (χ4v) is 5.60. The first-order valence-corrected chi connectivity index (χ1v) is 12.0. The smallest absolute Gasteiger partial charge is 0.330 e. The van der Waals surface area contributed by atoms with Crippen molar-refractivity contribution in [2.75, 3.05) is 11.9 Å². The predicted molar refractivity (Wildman–Crippen MR) is 129 cm³/mol. The second-order valence-corrected chi connectivity index (χ2v) is 9.71. The first-order chi connectivity index (χ1) is 16.8. The molecule has 1 N–H and O–H groups in total. The number of benzene rings is 2. The molecule has 5 rings (SSSR count). The normalized spacial score (nSPS) is 25.0. The van der Waals surface area contributed by atoms with Crippen molar-refractivity contribution in [1.82, 2.24) is 4.90 Å². The summed E-state index contributed by atoms with van der Waals surface area (Å²) >= 11 is 0. The van der Waals surface area contributed by atoms with E-state index < -0.39 is 36.4 Å². The third-order valence-electron chi connectivity index (χ3n) is 7.50. The molecule has 3 amide bonds. The van der Waals surface area contributed by atoms with Gasteiger partial charge in [-0.1, -0.05) is 48.6 Å². The summed E-state index contributed by atoms with van der Waals surface area (Å²) in [5.74, 6) is -2.59. The number of rotatable bonds is 7. The number of carbonyl (C=O) groups excluding carboxylic acids is 4. The van der Waals surface area contributed by atoms with E-state index in [-0.39, 0.29) is 30.1 Å². The standard InChI is InChI=1S/C28H28N2O5/c1-16-8-11-21(12-17(16)2)29-23(31)15-35-28(34)22(13-18-6-4-3-5-7-18)30-26(32)24-19-9-10-20(14-19)25(24)27(30)33/h3-12,19-20,22,24-25H,13-15H2,1-2H3,(H,29,31)/t19-,20-,22-,24-,25-/m0/s1. The summed E-state index contributed by atoms with van der Waals surface area (Å²) < 4.78 is 5.35. The molecule has 0 radical (unpaired) electrons. The van der Waals surface area contributed by atoms with E-state index in [2.05, 4.69) is 5.32 Å². The van der Waals surface area contributed by atoms with Crippen LogP contribution in [0.3, 0.4) is 0 Å². The van der Waals surface area contributed by atoms with Gasteiger partial charge in [-0.3, -0.25) is 19.3 Å². The van der Waals surface area contributed by atoms with Gasteiger partial charge in [0.05, 0.1) is 11.8 Å². The molecule has 5 atom stereocenters. The number of ether oxygens (including phenoxy) is 1. The maximum absolute atomic E-state index is 13.3. The summed E-state index contributed by atoms with van der Waals surface area (Å²) in [6.45, 7) is 3.42. The minimum absolute atomic E-state index is 0.0450. The Morgan fingerprint density at radius 3 is 2.26 bits per heavy atom. The zero-order valence-electron chi connectivity index (χ0n) is 19.8. The molecule has 1 aliphatic heterocycles. The van der Waals surface area contributed by atoms with Crippen LogP contribution in [0.2, 0.25) is 0 Å². The number of esters is 1. The summed E-state index contributed by atoms with van der Waals surface area (Å²) in [6, 6.07) is 13.6. The van der Waals surface area contributed by atoms with Crippen molar-refractivity contribution in [2.45, 2.75) is 32.7 Å². The fourth-order valence-electron chi connectivity index (χ4n) is 5.60. The number of hydrogen-bond donors (Lipinski definition) is 1. The monoisotopic (exact) mass is 472 g/mol. The van der Waals surface area contributed by atoms with Gasteiger partial charge in [0, 0.05) is 12.1 Å². The lowest BCUT2D eigenvalue weighted by Crippen LogP contribution is -2.48. The maximum Gasteiger partial charge on any atom is 0.330 e. The number of amides is 3. The van der Waals surface area contributed by atoms with Gasteiger partial charge in [0.25, 0.3) is 5.91 Å². The van der Waals surface area contributed by atoms with Gasteiger partial charge >= 0.3 is 5.97 Å². The molecule has 1 saturated heterocycles. The van der Waals surface area contributed by atoms with Gasteiger partial charge < -0.3 is 10.1 Å². The van der Waals surface area contributed by atoms with Crippen LogP contribution in [0.4, 0.5) is 5.69 Å². The van der Waals surface area contributed by atoms with Crippen molar-refractivity contribution in [3.63, 3.8) is 0 Å².